The van der Waals surface area contributed by atoms with E-state index in [1.54, 1.807) is 0 Å². The normalized spacial score (nSPS) is 23.2. The topological polar surface area (TPSA) is 64.6 Å². The van der Waals surface area contributed by atoms with E-state index < -0.39 is 0 Å². The van der Waals surface area contributed by atoms with Crippen LogP contribution in [0.5, 0.6) is 0 Å². The van der Waals surface area contributed by atoms with Gasteiger partial charge in [-0.2, -0.15) is 0 Å². The van der Waals surface area contributed by atoms with Crippen LogP contribution < -0.4 is 10.6 Å². The summed E-state index contributed by atoms with van der Waals surface area (Å²) in [7, 11) is 0. The third kappa shape index (κ3) is 6.13. The number of hydrogen-bond donors (Lipinski definition) is 3. The molecule has 1 saturated carbocycles. The number of carbonyl (C=O) groups is 1. The lowest BCUT2D eigenvalue weighted by Gasteiger charge is -2.35. The Morgan fingerprint density at radius 3 is 2.50 bits per heavy atom. The van der Waals surface area contributed by atoms with Gasteiger partial charge < -0.3 is 20.6 Å². The standard InChI is InChI=1S/C17H33N3O2/c1-14(9-12-21)18-17(22)19-16-7-10-20(11-8-16)13-15-5-3-2-4-6-15/h14-16,21H,2-13H2,1H3,(H2,18,19,22)/t14-/m1/s1. The Morgan fingerprint density at radius 2 is 1.86 bits per heavy atom. The van der Waals surface area contributed by atoms with Gasteiger partial charge in [0.15, 0.2) is 0 Å². The van der Waals surface area contributed by atoms with E-state index in [9.17, 15) is 4.79 Å². The van der Waals surface area contributed by atoms with Crippen LogP contribution in [0.1, 0.15) is 58.3 Å². The molecule has 0 aromatic heterocycles. The zero-order valence-corrected chi connectivity index (χ0v) is 14.0. The molecule has 1 aliphatic carbocycles. The van der Waals surface area contributed by atoms with E-state index in [1.807, 2.05) is 6.92 Å². The highest BCUT2D eigenvalue weighted by atomic mass is 16.3. The highest BCUT2D eigenvalue weighted by molar-refractivity contribution is 5.74. The Balaban J connectivity index is 1.61. The van der Waals surface area contributed by atoms with E-state index >= 15 is 0 Å². The van der Waals surface area contributed by atoms with E-state index in [0.29, 0.717) is 12.5 Å². The van der Waals surface area contributed by atoms with Crippen LogP contribution in [-0.2, 0) is 0 Å². The predicted octanol–water partition coefficient (Wildman–Crippen LogP) is 2.10. The van der Waals surface area contributed by atoms with Crippen molar-refractivity contribution in [2.24, 2.45) is 5.92 Å². The van der Waals surface area contributed by atoms with Crippen LogP contribution in [0, 0.1) is 5.92 Å². The fourth-order valence-electron chi connectivity index (χ4n) is 3.71. The molecule has 1 saturated heterocycles. The van der Waals surface area contributed by atoms with Gasteiger partial charge >= 0.3 is 6.03 Å². The van der Waals surface area contributed by atoms with Crippen LogP contribution in [0.3, 0.4) is 0 Å². The van der Waals surface area contributed by atoms with Crippen LogP contribution in [0.4, 0.5) is 4.79 Å². The number of rotatable bonds is 6. The number of amides is 2. The number of nitrogens with zero attached hydrogens (tertiary/aromatic N) is 1. The van der Waals surface area contributed by atoms with Gasteiger partial charge in [-0.1, -0.05) is 19.3 Å². The largest absolute Gasteiger partial charge is 0.396 e. The Hall–Kier alpha value is -0.810. The van der Waals surface area contributed by atoms with Crippen molar-refractivity contribution in [1.29, 1.82) is 0 Å². The average molecular weight is 311 g/mol. The van der Waals surface area contributed by atoms with Gasteiger partial charge in [-0.3, -0.25) is 0 Å². The molecule has 0 radical (unpaired) electrons. The van der Waals surface area contributed by atoms with Gasteiger partial charge in [0.05, 0.1) is 0 Å². The van der Waals surface area contributed by atoms with Gasteiger partial charge in [-0.25, -0.2) is 4.79 Å². The van der Waals surface area contributed by atoms with Crippen molar-refractivity contribution in [3.05, 3.63) is 0 Å². The molecule has 128 valence electrons. The number of hydrogen-bond acceptors (Lipinski definition) is 3. The van der Waals surface area contributed by atoms with E-state index in [0.717, 1.165) is 31.8 Å². The van der Waals surface area contributed by atoms with Gasteiger partial charge in [-0.15, -0.1) is 0 Å². The minimum absolute atomic E-state index is 0.0244. The molecule has 0 spiro atoms. The number of aliphatic hydroxyl groups is 1. The first kappa shape index (κ1) is 17.5. The van der Waals surface area contributed by atoms with Gasteiger partial charge in [0, 0.05) is 38.3 Å². The zero-order chi connectivity index (χ0) is 15.8. The van der Waals surface area contributed by atoms with E-state index in [4.69, 9.17) is 5.11 Å². The molecule has 2 rings (SSSR count). The Morgan fingerprint density at radius 1 is 1.18 bits per heavy atom. The molecule has 1 heterocycles. The van der Waals surface area contributed by atoms with Gasteiger partial charge in [0.25, 0.3) is 0 Å². The second-order valence-corrected chi connectivity index (χ2v) is 7.11. The van der Waals surface area contributed by atoms with Crippen LogP contribution in [-0.4, -0.2) is 54.4 Å². The smallest absolute Gasteiger partial charge is 0.315 e. The summed E-state index contributed by atoms with van der Waals surface area (Å²) in [5.74, 6) is 0.904. The first-order valence-electron chi connectivity index (χ1n) is 9.07. The maximum absolute atomic E-state index is 11.9. The molecule has 2 amide bonds. The average Bonchev–Trinajstić information content (AvgIpc) is 2.50. The second kappa shape index (κ2) is 9.36. The summed E-state index contributed by atoms with van der Waals surface area (Å²) in [6, 6.07) is 0.229. The summed E-state index contributed by atoms with van der Waals surface area (Å²) < 4.78 is 0. The number of likely N-dealkylation sites (tertiary alicyclic amines) is 1. The lowest BCUT2D eigenvalue weighted by atomic mass is 9.88. The maximum atomic E-state index is 11.9. The van der Waals surface area contributed by atoms with Gasteiger partial charge in [0.2, 0.25) is 0 Å². The van der Waals surface area contributed by atoms with Crippen molar-refractivity contribution in [1.82, 2.24) is 15.5 Å². The van der Waals surface area contributed by atoms with E-state index in [1.165, 1.54) is 38.6 Å². The van der Waals surface area contributed by atoms with Crippen LogP contribution in [0.25, 0.3) is 0 Å². The van der Waals surface area contributed by atoms with Crippen molar-refractivity contribution >= 4 is 6.03 Å². The number of aliphatic hydroxyl groups excluding tert-OH is 1. The van der Waals surface area contributed by atoms with Crippen LogP contribution >= 0.6 is 0 Å². The zero-order valence-electron chi connectivity index (χ0n) is 14.0. The molecule has 2 aliphatic rings. The molecular formula is C17H33N3O2. The predicted molar refractivity (Wildman–Crippen MR) is 88.9 cm³/mol. The molecule has 0 unspecified atom stereocenters. The first-order valence-corrected chi connectivity index (χ1v) is 9.07. The molecule has 22 heavy (non-hydrogen) atoms. The monoisotopic (exact) mass is 311 g/mol. The van der Waals surface area contributed by atoms with Crippen molar-refractivity contribution in [3.8, 4) is 0 Å². The van der Waals surface area contributed by atoms with Crippen molar-refractivity contribution in [2.75, 3.05) is 26.2 Å². The second-order valence-electron chi connectivity index (χ2n) is 7.11. The molecule has 2 fully saturated rings. The number of piperidine rings is 1. The molecular weight excluding hydrogens is 278 g/mol. The number of nitrogens with one attached hydrogen (secondary N) is 2. The summed E-state index contributed by atoms with van der Waals surface area (Å²) in [5, 5.41) is 14.8. The summed E-state index contributed by atoms with van der Waals surface area (Å²) in [6.07, 6.45) is 9.76. The minimum atomic E-state index is -0.0910. The fourth-order valence-corrected chi connectivity index (χ4v) is 3.71. The van der Waals surface area contributed by atoms with Crippen LogP contribution in [0.2, 0.25) is 0 Å². The molecule has 1 aliphatic heterocycles. The Kier molecular flexibility index (Phi) is 7.46. The van der Waals surface area contributed by atoms with E-state index in [-0.39, 0.29) is 18.7 Å². The quantitative estimate of drug-likeness (QED) is 0.704. The number of urea groups is 1. The fraction of sp³-hybridized carbons (Fsp3) is 0.941. The Labute approximate surface area is 134 Å². The molecule has 0 aromatic rings. The minimum Gasteiger partial charge on any atom is -0.396 e. The highest BCUT2D eigenvalue weighted by Gasteiger charge is 2.23. The number of carbonyl (C=O) groups excluding carboxylic acids is 1. The van der Waals surface area contributed by atoms with Crippen molar-refractivity contribution < 1.29 is 9.90 Å². The molecule has 5 heteroatoms. The third-order valence-corrected chi connectivity index (χ3v) is 5.10. The molecule has 5 nitrogen and oxygen atoms in total. The molecule has 1 atom stereocenters. The summed E-state index contributed by atoms with van der Waals surface area (Å²) in [6.45, 7) is 5.50. The van der Waals surface area contributed by atoms with E-state index in [2.05, 4.69) is 15.5 Å². The maximum Gasteiger partial charge on any atom is 0.315 e. The lowest BCUT2D eigenvalue weighted by Crippen LogP contribution is -2.50. The molecule has 0 aromatic carbocycles. The van der Waals surface area contributed by atoms with Crippen LogP contribution in [0.15, 0.2) is 0 Å². The van der Waals surface area contributed by atoms with Gasteiger partial charge in [-0.05, 0) is 44.9 Å². The first-order chi connectivity index (χ1) is 10.7. The SMILES string of the molecule is C[C@H](CCO)NC(=O)NC1CCN(CC2CCCCC2)CC1. The summed E-state index contributed by atoms with van der Waals surface area (Å²) in [5.41, 5.74) is 0. The molecule has 3 N–H and O–H groups in total. The Bertz CT molecular complexity index is 324. The lowest BCUT2D eigenvalue weighted by molar-refractivity contribution is 0.155. The van der Waals surface area contributed by atoms with Crippen molar-refractivity contribution in [2.45, 2.75) is 70.4 Å². The highest BCUT2D eigenvalue weighted by Crippen LogP contribution is 2.25. The van der Waals surface area contributed by atoms with Crippen molar-refractivity contribution in [3.63, 3.8) is 0 Å². The molecule has 0 bridgehead atoms. The third-order valence-electron chi connectivity index (χ3n) is 5.10. The summed E-state index contributed by atoms with van der Waals surface area (Å²) >= 11 is 0. The summed E-state index contributed by atoms with van der Waals surface area (Å²) in [4.78, 5) is 14.5. The van der Waals surface area contributed by atoms with Gasteiger partial charge in [0.1, 0.15) is 0 Å².